The largest absolute Gasteiger partial charge is 0.265 e. The van der Waals surface area contributed by atoms with Crippen molar-refractivity contribution >= 4 is 23.2 Å². The van der Waals surface area contributed by atoms with Gasteiger partial charge in [-0.25, -0.2) is 0 Å². The minimum absolute atomic E-state index is 0.669. The van der Waals surface area contributed by atoms with E-state index in [0.29, 0.717) is 10.0 Å². The lowest BCUT2D eigenvalue weighted by atomic mass is 10.0. The Labute approximate surface area is 120 Å². The highest BCUT2D eigenvalue weighted by atomic mass is 35.5. The zero-order valence-electron chi connectivity index (χ0n) is 9.77. The summed E-state index contributed by atoms with van der Waals surface area (Å²) >= 11 is 12.2. The molecule has 3 nitrogen and oxygen atoms in total. The summed E-state index contributed by atoms with van der Waals surface area (Å²) in [5.74, 6) is 0. The molecule has 94 valence electrons. The summed E-state index contributed by atoms with van der Waals surface area (Å²) in [7, 11) is 0. The predicted octanol–water partition coefficient (Wildman–Crippen LogP) is 4.45. The summed E-state index contributed by atoms with van der Waals surface area (Å²) in [5.41, 5.74) is 3.69. The van der Waals surface area contributed by atoms with Crippen LogP contribution in [0.1, 0.15) is 0 Å². The van der Waals surface area contributed by atoms with Crippen LogP contribution in [0.25, 0.3) is 22.4 Å². The zero-order chi connectivity index (χ0) is 13.2. The fraction of sp³-hybridized carbons (Fsp3) is 0. The monoisotopic (exact) mass is 289 g/mol. The van der Waals surface area contributed by atoms with Crippen LogP contribution in [0.3, 0.4) is 0 Å². The molecule has 1 N–H and O–H groups in total. The molecular weight excluding hydrogens is 281 g/mol. The Hall–Kier alpha value is -1.84. The van der Waals surface area contributed by atoms with Crippen molar-refractivity contribution in [1.29, 1.82) is 0 Å². The third-order valence-electron chi connectivity index (χ3n) is 2.84. The minimum Gasteiger partial charge on any atom is -0.265 e. The van der Waals surface area contributed by atoms with Crippen LogP contribution in [0.2, 0.25) is 10.0 Å². The van der Waals surface area contributed by atoms with Gasteiger partial charge in [0.25, 0.3) is 0 Å². The third-order valence-corrected chi connectivity index (χ3v) is 3.40. The third kappa shape index (κ3) is 2.48. The molecular formula is C14H9Cl2N3. The maximum absolute atomic E-state index is 6.33. The van der Waals surface area contributed by atoms with E-state index in [1.165, 1.54) is 0 Å². The van der Waals surface area contributed by atoms with Gasteiger partial charge in [-0.1, -0.05) is 52.7 Å². The molecule has 2 aromatic carbocycles. The van der Waals surface area contributed by atoms with Gasteiger partial charge in [0.05, 0.1) is 0 Å². The molecule has 1 aromatic heterocycles. The zero-order valence-corrected chi connectivity index (χ0v) is 11.3. The first-order valence-electron chi connectivity index (χ1n) is 5.66. The Kier molecular flexibility index (Phi) is 3.23. The van der Waals surface area contributed by atoms with Crippen LogP contribution in [-0.4, -0.2) is 15.4 Å². The second-order valence-corrected chi connectivity index (χ2v) is 4.90. The minimum atomic E-state index is 0.669. The molecule has 0 aliphatic heterocycles. The molecule has 0 fully saturated rings. The lowest BCUT2D eigenvalue weighted by Gasteiger charge is -2.06. The molecule has 3 aromatic rings. The van der Waals surface area contributed by atoms with Crippen LogP contribution in [0.5, 0.6) is 0 Å². The summed E-state index contributed by atoms with van der Waals surface area (Å²) in [5, 5.41) is 11.7. The van der Waals surface area contributed by atoms with Crippen molar-refractivity contribution in [3.8, 4) is 22.4 Å². The maximum Gasteiger partial charge on any atom is 0.112 e. The Morgan fingerprint density at radius 3 is 2.26 bits per heavy atom. The van der Waals surface area contributed by atoms with Gasteiger partial charge < -0.3 is 0 Å². The van der Waals surface area contributed by atoms with E-state index >= 15 is 0 Å². The second kappa shape index (κ2) is 5.03. The van der Waals surface area contributed by atoms with Gasteiger partial charge in [-0.2, -0.15) is 0 Å². The Morgan fingerprint density at radius 1 is 0.895 bits per heavy atom. The Bertz CT molecular complexity index is 691. The molecule has 0 spiro atoms. The van der Waals surface area contributed by atoms with Crippen molar-refractivity contribution < 1.29 is 0 Å². The smallest absolute Gasteiger partial charge is 0.112 e. The number of halogens is 2. The van der Waals surface area contributed by atoms with Crippen LogP contribution in [0.4, 0.5) is 0 Å². The van der Waals surface area contributed by atoms with Gasteiger partial charge in [0.1, 0.15) is 5.69 Å². The van der Waals surface area contributed by atoms with Crippen LogP contribution in [0.15, 0.2) is 48.7 Å². The van der Waals surface area contributed by atoms with Crippen LogP contribution in [0, 0.1) is 0 Å². The predicted molar refractivity (Wildman–Crippen MR) is 77.3 cm³/mol. The van der Waals surface area contributed by atoms with Crippen LogP contribution < -0.4 is 0 Å². The van der Waals surface area contributed by atoms with Gasteiger partial charge in [-0.3, -0.25) is 5.10 Å². The van der Waals surface area contributed by atoms with E-state index in [2.05, 4.69) is 15.4 Å². The lowest BCUT2D eigenvalue weighted by Crippen LogP contribution is -1.83. The summed E-state index contributed by atoms with van der Waals surface area (Å²) in [6.45, 7) is 0. The number of nitrogens with one attached hydrogen (secondary N) is 1. The van der Waals surface area contributed by atoms with Gasteiger partial charge in [-0.15, -0.1) is 5.10 Å². The topological polar surface area (TPSA) is 41.6 Å². The molecule has 3 rings (SSSR count). The lowest BCUT2D eigenvalue weighted by molar-refractivity contribution is 0.942. The summed E-state index contributed by atoms with van der Waals surface area (Å²) in [6.07, 6.45) is 1.73. The molecule has 19 heavy (non-hydrogen) atoms. The van der Waals surface area contributed by atoms with Gasteiger partial charge in [0, 0.05) is 27.4 Å². The van der Waals surface area contributed by atoms with Crippen molar-refractivity contribution in [3.05, 3.63) is 58.7 Å². The highest BCUT2D eigenvalue weighted by Crippen LogP contribution is 2.31. The molecule has 0 bridgehead atoms. The van der Waals surface area contributed by atoms with E-state index < -0.39 is 0 Å². The quantitative estimate of drug-likeness (QED) is 0.757. The molecule has 0 unspecified atom stereocenters. The number of benzene rings is 2. The molecule has 0 amide bonds. The molecule has 0 aliphatic rings. The number of hydrogen-bond donors (Lipinski definition) is 1. The summed E-state index contributed by atoms with van der Waals surface area (Å²) in [6, 6.07) is 13.4. The van der Waals surface area contributed by atoms with Crippen molar-refractivity contribution in [2.75, 3.05) is 0 Å². The average Bonchev–Trinajstić information content (AvgIpc) is 2.94. The van der Waals surface area contributed by atoms with Crippen LogP contribution in [-0.2, 0) is 0 Å². The number of rotatable bonds is 2. The average molecular weight is 290 g/mol. The van der Waals surface area contributed by atoms with Gasteiger partial charge in [0.15, 0.2) is 0 Å². The fourth-order valence-corrected chi connectivity index (χ4v) is 2.30. The molecule has 1 heterocycles. The maximum atomic E-state index is 6.33. The van der Waals surface area contributed by atoms with Crippen molar-refractivity contribution in [1.82, 2.24) is 15.4 Å². The normalized spacial score (nSPS) is 10.6. The van der Waals surface area contributed by atoms with E-state index in [-0.39, 0.29) is 0 Å². The summed E-state index contributed by atoms with van der Waals surface area (Å²) in [4.78, 5) is 0. The van der Waals surface area contributed by atoms with E-state index in [1.807, 2.05) is 42.5 Å². The second-order valence-electron chi connectivity index (χ2n) is 4.06. The van der Waals surface area contributed by atoms with E-state index in [1.54, 1.807) is 6.20 Å². The van der Waals surface area contributed by atoms with Crippen molar-refractivity contribution in [2.45, 2.75) is 0 Å². The van der Waals surface area contributed by atoms with E-state index in [0.717, 1.165) is 22.4 Å². The van der Waals surface area contributed by atoms with Crippen LogP contribution >= 0.6 is 23.2 Å². The first-order chi connectivity index (χ1) is 9.24. The Morgan fingerprint density at radius 2 is 1.63 bits per heavy atom. The first kappa shape index (κ1) is 12.2. The number of aromatic amines is 1. The standard InChI is InChI=1S/C14H9Cl2N3/c15-11-4-1-9(2-5-11)12-6-3-10(7-13(12)16)14-8-17-19-18-14/h1-8H,(H,17,18,19). The molecule has 5 heteroatoms. The molecule has 0 aliphatic carbocycles. The molecule has 0 atom stereocenters. The van der Waals surface area contributed by atoms with Gasteiger partial charge in [0.2, 0.25) is 0 Å². The molecule has 0 radical (unpaired) electrons. The Balaban J connectivity index is 2.03. The highest BCUT2D eigenvalue weighted by molar-refractivity contribution is 6.33. The van der Waals surface area contributed by atoms with Crippen molar-refractivity contribution in [2.24, 2.45) is 0 Å². The van der Waals surface area contributed by atoms with E-state index in [4.69, 9.17) is 23.2 Å². The number of nitrogens with zero attached hydrogens (tertiary/aromatic N) is 2. The SMILES string of the molecule is Clc1ccc(-c2ccc(-c3c[nH]nn3)cc2Cl)cc1. The van der Waals surface area contributed by atoms with Gasteiger partial charge >= 0.3 is 0 Å². The van der Waals surface area contributed by atoms with Gasteiger partial charge in [-0.05, 0) is 23.8 Å². The number of aromatic nitrogens is 3. The fourth-order valence-electron chi connectivity index (χ4n) is 1.88. The number of hydrogen-bond acceptors (Lipinski definition) is 2. The number of H-pyrrole nitrogens is 1. The molecule has 0 saturated heterocycles. The highest BCUT2D eigenvalue weighted by Gasteiger charge is 2.07. The van der Waals surface area contributed by atoms with Crippen molar-refractivity contribution in [3.63, 3.8) is 0 Å². The van der Waals surface area contributed by atoms with E-state index in [9.17, 15) is 0 Å². The first-order valence-corrected chi connectivity index (χ1v) is 6.42. The summed E-state index contributed by atoms with van der Waals surface area (Å²) < 4.78 is 0. The molecule has 0 saturated carbocycles.